The van der Waals surface area contributed by atoms with Gasteiger partial charge >= 0.3 is 0 Å². The summed E-state index contributed by atoms with van der Waals surface area (Å²) < 4.78 is 0. The fourth-order valence-corrected chi connectivity index (χ4v) is 2.19. The van der Waals surface area contributed by atoms with Crippen molar-refractivity contribution in [1.29, 1.82) is 0 Å². The number of likely N-dealkylation sites (tertiary alicyclic amines) is 1. The normalized spacial score (nSPS) is 20.2. The van der Waals surface area contributed by atoms with Gasteiger partial charge in [-0.1, -0.05) is 6.07 Å². The summed E-state index contributed by atoms with van der Waals surface area (Å²) in [7, 11) is 0. The Kier molecular flexibility index (Phi) is 8.52. The fraction of sp³-hybridized carbons (Fsp3) is 0.583. The number of aliphatic hydroxyl groups excluding tert-OH is 1. The summed E-state index contributed by atoms with van der Waals surface area (Å²) in [4.78, 5) is 6.52. The molecule has 0 radical (unpaired) electrons. The Bertz CT molecular complexity index is 298. The third-order valence-electron chi connectivity index (χ3n) is 2.99. The lowest BCUT2D eigenvalue weighted by atomic mass is 9.99. The Morgan fingerprint density at radius 2 is 2.24 bits per heavy atom. The van der Waals surface area contributed by atoms with Crippen LogP contribution < -0.4 is 0 Å². The van der Waals surface area contributed by atoms with E-state index in [9.17, 15) is 0 Å². The van der Waals surface area contributed by atoms with Crippen molar-refractivity contribution in [2.24, 2.45) is 5.92 Å². The number of rotatable bonds is 3. The van der Waals surface area contributed by atoms with Crippen LogP contribution in [0.4, 0.5) is 0 Å². The van der Waals surface area contributed by atoms with Crippen molar-refractivity contribution < 1.29 is 5.11 Å². The SMILES string of the molecule is Cl.Cl.OCC1CCCN(Cc2cccnc2)C1. The van der Waals surface area contributed by atoms with Crippen LogP contribution in [-0.2, 0) is 6.54 Å². The summed E-state index contributed by atoms with van der Waals surface area (Å²) in [5, 5.41) is 9.14. The molecule has 2 heterocycles. The molecule has 1 atom stereocenters. The smallest absolute Gasteiger partial charge is 0.0471 e. The first-order valence-corrected chi connectivity index (χ1v) is 5.60. The Morgan fingerprint density at radius 1 is 1.41 bits per heavy atom. The van der Waals surface area contributed by atoms with Gasteiger partial charge in [-0.05, 0) is 36.9 Å². The standard InChI is InChI=1S/C12H18N2O.2ClH/c15-10-12-4-2-6-14(9-12)8-11-3-1-5-13-7-11;;/h1,3,5,7,12,15H,2,4,6,8-10H2;2*1H. The third-order valence-corrected chi connectivity index (χ3v) is 2.99. The average molecular weight is 279 g/mol. The Morgan fingerprint density at radius 3 is 2.88 bits per heavy atom. The maximum Gasteiger partial charge on any atom is 0.0471 e. The van der Waals surface area contributed by atoms with Gasteiger partial charge in [-0.15, -0.1) is 24.8 Å². The first-order chi connectivity index (χ1) is 7.38. The topological polar surface area (TPSA) is 36.4 Å². The molecule has 1 saturated heterocycles. The Balaban J connectivity index is 0.00000128. The van der Waals surface area contributed by atoms with Gasteiger partial charge in [0.05, 0.1) is 0 Å². The number of pyridine rings is 1. The molecule has 0 spiro atoms. The van der Waals surface area contributed by atoms with Gasteiger partial charge in [0.15, 0.2) is 0 Å². The zero-order valence-electron chi connectivity index (χ0n) is 9.79. The lowest BCUT2D eigenvalue weighted by Gasteiger charge is -2.31. The minimum atomic E-state index is 0. The molecule has 1 aliphatic rings. The van der Waals surface area contributed by atoms with Crippen LogP contribution >= 0.6 is 24.8 Å². The van der Waals surface area contributed by atoms with Gasteiger partial charge in [-0.3, -0.25) is 9.88 Å². The van der Waals surface area contributed by atoms with Crippen LogP contribution in [0.15, 0.2) is 24.5 Å². The highest BCUT2D eigenvalue weighted by molar-refractivity contribution is 5.85. The largest absolute Gasteiger partial charge is 0.396 e. The van der Waals surface area contributed by atoms with Gasteiger partial charge in [0.2, 0.25) is 0 Å². The van der Waals surface area contributed by atoms with Gasteiger partial charge in [0.25, 0.3) is 0 Å². The van der Waals surface area contributed by atoms with E-state index in [1.807, 2.05) is 12.3 Å². The van der Waals surface area contributed by atoms with Crippen molar-refractivity contribution in [3.63, 3.8) is 0 Å². The molecule has 0 saturated carbocycles. The van der Waals surface area contributed by atoms with Crippen LogP contribution in [0.3, 0.4) is 0 Å². The average Bonchev–Trinajstić information content (AvgIpc) is 2.31. The van der Waals surface area contributed by atoms with Gasteiger partial charge in [-0.25, -0.2) is 0 Å². The molecule has 1 aromatic heterocycles. The number of hydrogen-bond donors (Lipinski definition) is 1. The first-order valence-electron chi connectivity index (χ1n) is 5.60. The van der Waals surface area contributed by atoms with Gasteiger partial charge in [0.1, 0.15) is 0 Å². The quantitative estimate of drug-likeness (QED) is 0.920. The number of aromatic nitrogens is 1. The second kappa shape index (κ2) is 8.70. The first kappa shape index (κ1) is 16.6. The molecule has 3 nitrogen and oxygen atoms in total. The summed E-state index contributed by atoms with van der Waals surface area (Å²) in [6.07, 6.45) is 6.09. The number of hydrogen-bond acceptors (Lipinski definition) is 3. The van der Waals surface area contributed by atoms with Crippen molar-refractivity contribution in [2.45, 2.75) is 19.4 Å². The highest BCUT2D eigenvalue weighted by Crippen LogP contribution is 2.17. The van der Waals surface area contributed by atoms with E-state index >= 15 is 0 Å². The van der Waals surface area contributed by atoms with Crippen molar-refractivity contribution in [3.8, 4) is 0 Å². The van der Waals surface area contributed by atoms with Gasteiger partial charge < -0.3 is 5.11 Å². The van der Waals surface area contributed by atoms with E-state index in [0.29, 0.717) is 12.5 Å². The molecule has 98 valence electrons. The summed E-state index contributed by atoms with van der Waals surface area (Å²) in [6, 6.07) is 4.08. The zero-order chi connectivity index (χ0) is 10.5. The molecule has 2 rings (SSSR count). The number of aliphatic hydroxyl groups is 1. The molecule has 1 aromatic rings. The van der Waals surface area contributed by atoms with Crippen molar-refractivity contribution in [2.75, 3.05) is 19.7 Å². The van der Waals surface area contributed by atoms with Crippen LogP contribution in [-0.4, -0.2) is 34.7 Å². The molecule has 1 unspecified atom stereocenters. The van der Waals surface area contributed by atoms with E-state index in [1.165, 1.54) is 18.4 Å². The second-order valence-corrected chi connectivity index (χ2v) is 4.29. The number of piperidine rings is 1. The third kappa shape index (κ3) is 5.21. The van der Waals surface area contributed by atoms with Crippen LogP contribution in [0.25, 0.3) is 0 Å². The monoisotopic (exact) mass is 278 g/mol. The molecular formula is C12H20Cl2N2O. The molecule has 1 fully saturated rings. The van der Waals surface area contributed by atoms with Gasteiger partial charge in [0, 0.05) is 32.1 Å². The van der Waals surface area contributed by atoms with Crippen molar-refractivity contribution in [1.82, 2.24) is 9.88 Å². The molecule has 1 N–H and O–H groups in total. The fourth-order valence-electron chi connectivity index (χ4n) is 2.19. The minimum absolute atomic E-state index is 0. The maximum atomic E-state index is 9.14. The van der Waals surface area contributed by atoms with Crippen molar-refractivity contribution in [3.05, 3.63) is 30.1 Å². The van der Waals surface area contributed by atoms with Gasteiger partial charge in [-0.2, -0.15) is 0 Å². The summed E-state index contributed by atoms with van der Waals surface area (Å²) >= 11 is 0. The highest BCUT2D eigenvalue weighted by atomic mass is 35.5. The molecule has 0 amide bonds. The predicted molar refractivity (Wildman–Crippen MR) is 73.8 cm³/mol. The van der Waals surface area contributed by atoms with E-state index in [-0.39, 0.29) is 24.8 Å². The summed E-state index contributed by atoms with van der Waals surface area (Å²) in [5.41, 5.74) is 1.26. The summed E-state index contributed by atoms with van der Waals surface area (Å²) in [6.45, 7) is 3.45. The molecule has 17 heavy (non-hydrogen) atoms. The van der Waals surface area contributed by atoms with E-state index in [1.54, 1.807) is 6.20 Å². The molecule has 5 heteroatoms. The second-order valence-electron chi connectivity index (χ2n) is 4.29. The molecule has 0 bridgehead atoms. The molecule has 0 aromatic carbocycles. The van der Waals surface area contributed by atoms with Crippen LogP contribution in [0.2, 0.25) is 0 Å². The minimum Gasteiger partial charge on any atom is -0.396 e. The zero-order valence-corrected chi connectivity index (χ0v) is 11.4. The van der Waals surface area contributed by atoms with E-state index in [4.69, 9.17) is 5.11 Å². The Hall–Kier alpha value is -0.350. The van der Waals surface area contributed by atoms with Crippen LogP contribution in [0, 0.1) is 5.92 Å². The van der Waals surface area contributed by atoms with E-state index in [0.717, 1.165) is 19.6 Å². The van der Waals surface area contributed by atoms with Crippen LogP contribution in [0.1, 0.15) is 18.4 Å². The lowest BCUT2D eigenvalue weighted by Crippen LogP contribution is -2.36. The van der Waals surface area contributed by atoms with E-state index in [2.05, 4.69) is 16.0 Å². The highest BCUT2D eigenvalue weighted by Gasteiger charge is 2.18. The molecule has 0 aliphatic carbocycles. The maximum absolute atomic E-state index is 9.14. The lowest BCUT2D eigenvalue weighted by molar-refractivity contribution is 0.116. The van der Waals surface area contributed by atoms with Crippen molar-refractivity contribution >= 4 is 24.8 Å². The Labute approximate surface area is 115 Å². The van der Waals surface area contributed by atoms with E-state index < -0.39 is 0 Å². The molecular weight excluding hydrogens is 259 g/mol. The number of nitrogens with zero attached hydrogens (tertiary/aromatic N) is 2. The number of halogens is 2. The van der Waals surface area contributed by atoms with Crippen LogP contribution in [0.5, 0.6) is 0 Å². The summed E-state index contributed by atoms with van der Waals surface area (Å²) in [5.74, 6) is 0.468. The molecule has 1 aliphatic heterocycles. The predicted octanol–water partition coefficient (Wildman–Crippen LogP) is 2.13.